The first kappa shape index (κ1) is 11.9. The molecule has 0 saturated carbocycles. The van der Waals surface area contributed by atoms with E-state index in [1.165, 1.54) is 6.42 Å². The van der Waals surface area contributed by atoms with Crippen LogP contribution >= 0.6 is 0 Å². The topological polar surface area (TPSA) is 66.1 Å². The van der Waals surface area contributed by atoms with Crippen LogP contribution in [-0.4, -0.2) is 40.2 Å². The maximum atomic E-state index is 12.3. The molecular formula is C14H15N3O2. The van der Waals surface area contributed by atoms with Gasteiger partial charge in [0.1, 0.15) is 5.69 Å². The third kappa shape index (κ3) is 2.12. The van der Waals surface area contributed by atoms with Gasteiger partial charge in [-0.2, -0.15) is 0 Å². The molecule has 3 rings (SSSR count). The highest BCUT2D eigenvalue weighted by atomic mass is 16.2. The Morgan fingerprint density at radius 2 is 2.11 bits per heavy atom. The van der Waals surface area contributed by atoms with Crippen LogP contribution in [0.4, 0.5) is 0 Å². The number of hydrogen-bond acceptors (Lipinski definition) is 3. The van der Waals surface area contributed by atoms with Gasteiger partial charge in [0.2, 0.25) is 0 Å². The molecule has 0 atom stereocenters. The fourth-order valence-corrected chi connectivity index (χ4v) is 2.53. The lowest BCUT2D eigenvalue weighted by Crippen LogP contribution is -2.35. The van der Waals surface area contributed by atoms with Gasteiger partial charge >= 0.3 is 0 Å². The third-order valence-corrected chi connectivity index (χ3v) is 3.55. The summed E-state index contributed by atoms with van der Waals surface area (Å²) < 4.78 is 0. The maximum absolute atomic E-state index is 12.3. The van der Waals surface area contributed by atoms with Gasteiger partial charge in [0.25, 0.3) is 5.91 Å². The van der Waals surface area contributed by atoms with Crippen molar-refractivity contribution in [3.05, 3.63) is 29.6 Å². The van der Waals surface area contributed by atoms with E-state index >= 15 is 0 Å². The molecule has 1 saturated heterocycles. The number of piperidine rings is 1. The number of nitrogens with zero attached hydrogens (tertiary/aromatic N) is 2. The molecule has 19 heavy (non-hydrogen) atoms. The van der Waals surface area contributed by atoms with Crippen molar-refractivity contribution in [3.8, 4) is 0 Å². The number of rotatable bonds is 2. The highest BCUT2D eigenvalue weighted by molar-refractivity contribution is 6.01. The zero-order valence-corrected chi connectivity index (χ0v) is 10.6. The summed E-state index contributed by atoms with van der Waals surface area (Å²) in [7, 11) is 0. The summed E-state index contributed by atoms with van der Waals surface area (Å²) >= 11 is 0. The second kappa shape index (κ2) is 4.84. The Labute approximate surface area is 110 Å². The van der Waals surface area contributed by atoms with Crippen LogP contribution in [0.5, 0.6) is 0 Å². The Bertz CT molecular complexity index is 627. The van der Waals surface area contributed by atoms with Crippen LogP contribution in [0.1, 0.15) is 40.1 Å². The minimum atomic E-state index is -0.00505. The largest absolute Gasteiger partial charge is 0.349 e. The van der Waals surface area contributed by atoms with Crippen LogP contribution in [0, 0.1) is 0 Å². The van der Waals surface area contributed by atoms with E-state index in [0.717, 1.165) is 32.2 Å². The van der Waals surface area contributed by atoms with Gasteiger partial charge in [0.15, 0.2) is 6.29 Å². The summed E-state index contributed by atoms with van der Waals surface area (Å²) in [5.74, 6) is -0.00505. The molecule has 0 aliphatic carbocycles. The third-order valence-electron chi connectivity index (χ3n) is 3.55. The Kier molecular flexibility index (Phi) is 3.03. The normalized spacial score (nSPS) is 15.7. The molecule has 1 N–H and O–H groups in total. The smallest absolute Gasteiger partial charge is 0.270 e. The van der Waals surface area contributed by atoms with Gasteiger partial charge in [-0.1, -0.05) is 0 Å². The number of carbonyl (C=O) groups is 2. The van der Waals surface area contributed by atoms with Crippen molar-refractivity contribution in [1.82, 2.24) is 14.9 Å². The van der Waals surface area contributed by atoms with Crippen LogP contribution in [0.2, 0.25) is 0 Å². The van der Waals surface area contributed by atoms with Gasteiger partial charge in [0, 0.05) is 24.8 Å². The maximum Gasteiger partial charge on any atom is 0.270 e. The second-order valence-electron chi connectivity index (χ2n) is 4.81. The molecule has 98 valence electrons. The molecule has 1 amide bonds. The predicted molar refractivity (Wildman–Crippen MR) is 71.2 cm³/mol. The van der Waals surface area contributed by atoms with Gasteiger partial charge < -0.3 is 9.88 Å². The molecule has 0 spiro atoms. The van der Waals surface area contributed by atoms with Crippen LogP contribution in [0.15, 0.2) is 18.3 Å². The fraction of sp³-hybridized carbons (Fsp3) is 0.357. The second-order valence-corrected chi connectivity index (χ2v) is 4.81. The molecule has 5 heteroatoms. The van der Waals surface area contributed by atoms with E-state index in [9.17, 15) is 9.59 Å². The molecule has 0 unspecified atom stereocenters. The zero-order valence-electron chi connectivity index (χ0n) is 10.6. The summed E-state index contributed by atoms with van der Waals surface area (Å²) in [4.78, 5) is 32.4. The van der Waals surface area contributed by atoms with Gasteiger partial charge in [-0.15, -0.1) is 0 Å². The molecule has 1 aliphatic heterocycles. The lowest BCUT2D eigenvalue weighted by atomic mass is 10.1. The van der Waals surface area contributed by atoms with Crippen molar-refractivity contribution in [1.29, 1.82) is 0 Å². The van der Waals surface area contributed by atoms with Gasteiger partial charge in [-0.05, 0) is 31.4 Å². The van der Waals surface area contributed by atoms with Crippen molar-refractivity contribution < 1.29 is 9.59 Å². The van der Waals surface area contributed by atoms with Gasteiger partial charge in [-0.3, -0.25) is 14.6 Å². The average molecular weight is 257 g/mol. The van der Waals surface area contributed by atoms with Crippen LogP contribution in [-0.2, 0) is 0 Å². The molecule has 3 heterocycles. The molecule has 0 aromatic carbocycles. The van der Waals surface area contributed by atoms with Crippen LogP contribution < -0.4 is 0 Å². The number of aromatic amines is 1. The first-order valence-corrected chi connectivity index (χ1v) is 6.52. The van der Waals surface area contributed by atoms with Crippen molar-refractivity contribution >= 4 is 23.2 Å². The molecule has 0 radical (unpaired) electrons. The summed E-state index contributed by atoms with van der Waals surface area (Å²) in [6.45, 7) is 1.62. The summed E-state index contributed by atoms with van der Waals surface area (Å²) in [5.41, 5.74) is 2.34. The zero-order chi connectivity index (χ0) is 13.2. The fourth-order valence-electron chi connectivity index (χ4n) is 2.53. The van der Waals surface area contributed by atoms with Crippen molar-refractivity contribution in [3.63, 3.8) is 0 Å². The number of aromatic nitrogens is 2. The Morgan fingerprint density at radius 1 is 1.32 bits per heavy atom. The van der Waals surface area contributed by atoms with Gasteiger partial charge in [-0.25, -0.2) is 0 Å². The number of likely N-dealkylation sites (tertiary alicyclic amines) is 1. The molecule has 2 aromatic heterocycles. The monoisotopic (exact) mass is 257 g/mol. The van der Waals surface area contributed by atoms with E-state index < -0.39 is 0 Å². The van der Waals surface area contributed by atoms with Crippen molar-refractivity contribution in [2.45, 2.75) is 19.3 Å². The summed E-state index contributed by atoms with van der Waals surface area (Å²) in [6, 6.07) is 3.36. The number of aldehydes is 1. The van der Waals surface area contributed by atoms with Gasteiger partial charge in [0.05, 0.1) is 11.0 Å². The first-order chi connectivity index (χ1) is 9.29. The number of H-pyrrole nitrogens is 1. The number of fused-ring (bicyclic) bond motifs is 1. The van der Waals surface area contributed by atoms with E-state index in [2.05, 4.69) is 9.97 Å². The van der Waals surface area contributed by atoms with Crippen LogP contribution in [0.3, 0.4) is 0 Å². The summed E-state index contributed by atoms with van der Waals surface area (Å²) in [5, 5.41) is 0. The van der Waals surface area contributed by atoms with Crippen molar-refractivity contribution in [2.24, 2.45) is 0 Å². The molecule has 1 aliphatic rings. The molecule has 0 bridgehead atoms. The predicted octanol–water partition coefficient (Wildman–Crippen LogP) is 2.00. The SMILES string of the molecule is O=Cc1ccnc2cc(C(=O)N3CCCCC3)[nH]c12. The Hall–Kier alpha value is -2.17. The lowest BCUT2D eigenvalue weighted by Gasteiger charge is -2.26. The Balaban J connectivity index is 1.96. The van der Waals surface area contributed by atoms with E-state index in [4.69, 9.17) is 0 Å². The lowest BCUT2D eigenvalue weighted by molar-refractivity contribution is 0.0719. The highest BCUT2D eigenvalue weighted by Gasteiger charge is 2.20. The van der Waals surface area contributed by atoms with E-state index in [1.807, 2.05) is 4.90 Å². The quantitative estimate of drug-likeness (QED) is 0.837. The minimum absolute atomic E-state index is 0.00505. The molecular weight excluding hydrogens is 242 g/mol. The number of hydrogen-bond donors (Lipinski definition) is 1. The Morgan fingerprint density at radius 3 is 2.84 bits per heavy atom. The van der Waals surface area contributed by atoms with E-state index in [1.54, 1.807) is 18.3 Å². The molecule has 5 nitrogen and oxygen atoms in total. The molecule has 2 aromatic rings. The van der Waals surface area contributed by atoms with E-state index in [-0.39, 0.29) is 5.91 Å². The van der Waals surface area contributed by atoms with Crippen LogP contribution in [0.25, 0.3) is 11.0 Å². The number of pyridine rings is 1. The number of nitrogens with one attached hydrogen (secondary N) is 1. The molecule has 1 fully saturated rings. The highest BCUT2D eigenvalue weighted by Crippen LogP contribution is 2.19. The number of carbonyl (C=O) groups excluding carboxylic acids is 2. The average Bonchev–Trinajstić information content (AvgIpc) is 2.91. The number of amides is 1. The minimum Gasteiger partial charge on any atom is -0.349 e. The summed E-state index contributed by atoms with van der Waals surface area (Å²) in [6.07, 6.45) is 5.66. The standard InChI is InChI=1S/C14H15N3O2/c18-9-10-4-5-15-11-8-12(16-13(10)11)14(19)17-6-2-1-3-7-17/h4-5,8-9,16H,1-3,6-7H2. The van der Waals surface area contributed by atoms with E-state index in [0.29, 0.717) is 22.3 Å². The first-order valence-electron chi connectivity index (χ1n) is 6.52. The van der Waals surface area contributed by atoms with Crippen molar-refractivity contribution in [2.75, 3.05) is 13.1 Å².